The van der Waals surface area contributed by atoms with E-state index in [0.29, 0.717) is 5.56 Å². The van der Waals surface area contributed by atoms with E-state index in [2.05, 4.69) is 15.9 Å². The molecular formula is C8H6BrClO2. The molecule has 0 aromatic heterocycles. The smallest absolute Gasteiger partial charge is 0.326 e. The summed E-state index contributed by atoms with van der Waals surface area (Å²) in [7, 11) is 0. The van der Waals surface area contributed by atoms with Crippen LogP contribution in [-0.4, -0.2) is 11.1 Å². The zero-order valence-electron chi connectivity index (χ0n) is 6.00. The highest BCUT2D eigenvalue weighted by Crippen LogP contribution is 2.23. The standard InChI is InChI=1S/C8H6BrClO2/c9-6-3-1-2-5(4-6)7(10)8(11)12/h1-4,7H,(H,11,12)/t7-/m1/s1. The van der Waals surface area contributed by atoms with Crippen molar-refractivity contribution in [3.05, 3.63) is 34.3 Å². The summed E-state index contributed by atoms with van der Waals surface area (Å²) >= 11 is 8.82. The van der Waals surface area contributed by atoms with Crippen LogP contribution in [0.4, 0.5) is 0 Å². The van der Waals surface area contributed by atoms with Crippen LogP contribution in [0.25, 0.3) is 0 Å². The number of carboxylic acid groups (broad SMARTS) is 1. The minimum Gasteiger partial charge on any atom is -0.480 e. The van der Waals surface area contributed by atoms with Crippen LogP contribution < -0.4 is 0 Å². The van der Waals surface area contributed by atoms with Crippen molar-refractivity contribution in [2.75, 3.05) is 0 Å². The average Bonchev–Trinajstić information content (AvgIpc) is 2.03. The first-order valence-electron chi connectivity index (χ1n) is 3.23. The molecule has 12 heavy (non-hydrogen) atoms. The van der Waals surface area contributed by atoms with E-state index < -0.39 is 11.3 Å². The molecule has 1 rings (SSSR count). The van der Waals surface area contributed by atoms with Crippen LogP contribution in [0.3, 0.4) is 0 Å². The van der Waals surface area contributed by atoms with Gasteiger partial charge in [-0.25, -0.2) is 0 Å². The van der Waals surface area contributed by atoms with Gasteiger partial charge in [-0.2, -0.15) is 0 Å². The number of rotatable bonds is 2. The number of aliphatic carboxylic acids is 1. The molecule has 0 radical (unpaired) electrons. The number of alkyl halides is 1. The Morgan fingerprint density at radius 2 is 2.25 bits per heavy atom. The van der Waals surface area contributed by atoms with Crippen molar-refractivity contribution in [1.82, 2.24) is 0 Å². The van der Waals surface area contributed by atoms with E-state index >= 15 is 0 Å². The summed E-state index contributed by atoms with van der Waals surface area (Å²) in [4.78, 5) is 10.5. The Balaban J connectivity index is 2.95. The zero-order chi connectivity index (χ0) is 9.14. The largest absolute Gasteiger partial charge is 0.480 e. The van der Waals surface area contributed by atoms with Gasteiger partial charge in [-0.3, -0.25) is 4.79 Å². The summed E-state index contributed by atoms with van der Waals surface area (Å²) in [5, 5.41) is 7.61. The Morgan fingerprint density at radius 1 is 1.58 bits per heavy atom. The van der Waals surface area contributed by atoms with E-state index in [0.717, 1.165) is 4.47 Å². The van der Waals surface area contributed by atoms with E-state index in [4.69, 9.17) is 16.7 Å². The molecule has 0 heterocycles. The van der Waals surface area contributed by atoms with Crippen LogP contribution in [0.5, 0.6) is 0 Å². The van der Waals surface area contributed by atoms with Gasteiger partial charge in [-0.1, -0.05) is 28.1 Å². The third-order valence-electron chi connectivity index (χ3n) is 1.36. The molecule has 0 aliphatic rings. The molecule has 0 aliphatic heterocycles. The molecule has 1 N–H and O–H groups in total. The number of hydrogen-bond acceptors (Lipinski definition) is 1. The van der Waals surface area contributed by atoms with Gasteiger partial charge in [0.2, 0.25) is 0 Å². The Kier molecular flexibility index (Phi) is 3.12. The molecule has 0 bridgehead atoms. The molecule has 0 unspecified atom stereocenters. The number of carbonyl (C=O) groups is 1. The molecule has 0 saturated carbocycles. The lowest BCUT2D eigenvalue weighted by Crippen LogP contribution is -2.04. The second-order valence-corrected chi connectivity index (χ2v) is 3.61. The minimum atomic E-state index is -1.03. The number of halogens is 2. The minimum absolute atomic E-state index is 0.582. The second-order valence-electron chi connectivity index (χ2n) is 2.26. The Hall–Kier alpha value is -0.540. The van der Waals surface area contributed by atoms with Crippen LogP contribution in [-0.2, 0) is 4.79 Å². The fourth-order valence-electron chi connectivity index (χ4n) is 0.807. The highest BCUT2D eigenvalue weighted by molar-refractivity contribution is 9.10. The van der Waals surface area contributed by atoms with Crippen molar-refractivity contribution in [2.45, 2.75) is 5.38 Å². The molecule has 0 spiro atoms. The molecule has 1 aromatic carbocycles. The van der Waals surface area contributed by atoms with Gasteiger partial charge in [0.15, 0.2) is 5.38 Å². The van der Waals surface area contributed by atoms with Crippen molar-refractivity contribution in [3.63, 3.8) is 0 Å². The summed E-state index contributed by atoms with van der Waals surface area (Å²) < 4.78 is 0.826. The first kappa shape index (κ1) is 9.55. The summed E-state index contributed by atoms with van der Waals surface area (Å²) in [6.07, 6.45) is 0. The van der Waals surface area contributed by atoms with Gasteiger partial charge < -0.3 is 5.11 Å². The number of carboxylic acids is 1. The van der Waals surface area contributed by atoms with Gasteiger partial charge in [-0.05, 0) is 17.7 Å². The summed E-state index contributed by atoms with van der Waals surface area (Å²) in [5.41, 5.74) is 0.582. The van der Waals surface area contributed by atoms with Crippen molar-refractivity contribution >= 4 is 33.5 Å². The molecule has 0 aliphatic carbocycles. The third-order valence-corrected chi connectivity index (χ3v) is 2.29. The fraction of sp³-hybridized carbons (Fsp3) is 0.125. The van der Waals surface area contributed by atoms with E-state index in [9.17, 15) is 4.79 Å². The van der Waals surface area contributed by atoms with Crippen LogP contribution in [0.15, 0.2) is 28.7 Å². The van der Waals surface area contributed by atoms with Crippen molar-refractivity contribution in [3.8, 4) is 0 Å². The van der Waals surface area contributed by atoms with Crippen molar-refractivity contribution < 1.29 is 9.90 Å². The molecule has 1 aromatic rings. The Labute approximate surface area is 83.3 Å². The van der Waals surface area contributed by atoms with E-state index in [1.54, 1.807) is 18.2 Å². The van der Waals surface area contributed by atoms with Gasteiger partial charge in [0, 0.05) is 4.47 Å². The molecule has 0 amide bonds. The van der Waals surface area contributed by atoms with Crippen LogP contribution in [0, 0.1) is 0 Å². The molecule has 64 valence electrons. The number of benzene rings is 1. The first-order chi connectivity index (χ1) is 5.61. The van der Waals surface area contributed by atoms with Gasteiger partial charge in [-0.15, -0.1) is 11.6 Å². The average molecular weight is 249 g/mol. The van der Waals surface area contributed by atoms with E-state index in [1.807, 2.05) is 6.07 Å². The monoisotopic (exact) mass is 248 g/mol. The lowest BCUT2D eigenvalue weighted by molar-refractivity contribution is -0.136. The summed E-state index contributed by atoms with van der Waals surface area (Å²) in [6, 6.07) is 6.93. The topological polar surface area (TPSA) is 37.3 Å². The van der Waals surface area contributed by atoms with Gasteiger partial charge >= 0.3 is 5.97 Å². The maximum atomic E-state index is 10.5. The Bertz CT molecular complexity index is 301. The zero-order valence-corrected chi connectivity index (χ0v) is 8.34. The summed E-state index contributed by atoms with van der Waals surface area (Å²) in [5.74, 6) is -1.03. The van der Waals surface area contributed by atoms with Crippen LogP contribution >= 0.6 is 27.5 Å². The maximum absolute atomic E-state index is 10.5. The maximum Gasteiger partial charge on any atom is 0.326 e. The van der Waals surface area contributed by atoms with E-state index in [1.165, 1.54) is 0 Å². The predicted molar refractivity (Wildman–Crippen MR) is 50.4 cm³/mol. The predicted octanol–water partition coefficient (Wildman–Crippen LogP) is 2.81. The highest BCUT2D eigenvalue weighted by atomic mass is 79.9. The van der Waals surface area contributed by atoms with Gasteiger partial charge in [0.25, 0.3) is 0 Å². The second kappa shape index (κ2) is 3.92. The molecule has 0 saturated heterocycles. The van der Waals surface area contributed by atoms with Crippen LogP contribution in [0.1, 0.15) is 10.9 Å². The molecule has 0 fully saturated rings. The Morgan fingerprint density at radius 3 is 2.75 bits per heavy atom. The molecule has 1 atom stereocenters. The van der Waals surface area contributed by atoms with Gasteiger partial charge in [0.1, 0.15) is 0 Å². The lowest BCUT2D eigenvalue weighted by atomic mass is 10.1. The summed E-state index contributed by atoms with van der Waals surface area (Å²) in [6.45, 7) is 0. The van der Waals surface area contributed by atoms with Gasteiger partial charge in [0.05, 0.1) is 0 Å². The lowest BCUT2D eigenvalue weighted by Gasteiger charge is -2.03. The van der Waals surface area contributed by atoms with Crippen molar-refractivity contribution in [2.24, 2.45) is 0 Å². The molecule has 4 heteroatoms. The fourth-order valence-corrected chi connectivity index (χ4v) is 1.36. The first-order valence-corrected chi connectivity index (χ1v) is 4.46. The van der Waals surface area contributed by atoms with E-state index in [-0.39, 0.29) is 0 Å². The third kappa shape index (κ3) is 2.22. The molecule has 2 nitrogen and oxygen atoms in total. The van der Waals surface area contributed by atoms with Crippen molar-refractivity contribution in [1.29, 1.82) is 0 Å². The molecular weight excluding hydrogens is 243 g/mol. The SMILES string of the molecule is O=C(O)[C@H](Cl)c1cccc(Br)c1. The normalized spacial score (nSPS) is 12.5. The highest BCUT2D eigenvalue weighted by Gasteiger charge is 2.15. The quantitative estimate of drug-likeness (QED) is 0.818. The number of hydrogen-bond donors (Lipinski definition) is 1. The van der Waals surface area contributed by atoms with Crippen LogP contribution in [0.2, 0.25) is 0 Å².